The highest BCUT2D eigenvalue weighted by molar-refractivity contribution is 5.85. The number of carbonyl (C=O) groups excluding carboxylic acids is 2. The molecule has 0 radical (unpaired) electrons. The van der Waals surface area contributed by atoms with Crippen LogP contribution in [0.4, 0.5) is 4.79 Å². The molecule has 3 N–H and O–H groups in total. The Labute approximate surface area is 206 Å². The Balaban J connectivity index is 1.58. The minimum atomic E-state index is -1.12. The summed E-state index contributed by atoms with van der Waals surface area (Å²) in [5.41, 5.74) is 4.53. The lowest BCUT2D eigenvalue weighted by Crippen LogP contribution is -2.47. The lowest BCUT2D eigenvalue weighted by Gasteiger charge is -2.22. The van der Waals surface area contributed by atoms with Gasteiger partial charge in [-0.2, -0.15) is 0 Å². The number of hydrogen-bond acceptors (Lipinski definition) is 5. The van der Waals surface area contributed by atoms with E-state index < -0.39 is 29.9 Å². The molecule has 0 fully saturated rings. The van der Waals surface area contributed by atoms with Gasteiger partial charge in [0.1, 0.15) is 12.6 Å². The number of alkyl carbamates (subject to hydrolysis) is 1. The molecule has 3 rings (SSSR count). The number of methoxy groups -OCH3 is 1. The summed E-state index contributed by atoms with van der Waals surface area (Å²) in [6.07, 6.45) is 0.0420. The molecule has 2 atom stereocenters. The number of carboxylic acids is 1. The molecule has 2 unspecified atom stereocenters. The smallest absolute Gasteiger partial charge is 0.407 e. The first-order chi connectivity index (χ1) is 16.8. The molecular formula is C27H34N2O6. The van der Waals surface area contributed by atoms with Crippen molar-refractivity contribution < 1.29 is 29.0 Å². The van der Waals surface area contributed by atoms with E-state index in [0.29, 0.717) is 6.42 Å². The average molecular weight is 483 g/mol. The van der Waals surface area contributed by atoms with Crippen LogP contribution in [0.5, 0.6) is 0 Å². The summed E-state index contributed by atoms with van der Waals surface area (Å²) >= 11 is 0. The molecule has 188 valence electrons. The Bertz CT molecular complexity index is 992. The number of aliphatic carboxylic acids is 1. The first kappa shape index (κ1) is 26.2. The van der Waals surface area contributed by atoms with Gasteiger partial charge < -0.3 is 25.2 Å². The monoisotopic (exact) mass is 482 g/mol. The van der Waals surface area contributed by atoms with Crippen molar-refractivity contribution in [2.24, 2.45) is 11.8 Å². The third kappa shape index (κ3) is 6.82. The standard InChI is InChI=1S/C27H34N2O6/c1-17(2)14-18(25(30)29-24(26(31)32)12-13-34-3)15-28-27(33)35-16-23-21-10-6-4-8-19(21)20-9-5-7-11-22(20)23/h4-11,17-18,23-24H,12-16H2,1-3H3,(H,28,33)(H,29,30)(H,31,32). The highest BCUT2D eigenvalue weighted by Gasteiger charge is 2.30. The van der Waals surface area contributed by atoms with E-state index in [9.17, 15) is 19.5 Å². The van der Waals surface area contributed by atoms with E-state index >= 15 is 0 Å². The van der Waals surface area contributed by atoms with Crippen molar-refractivity contribution in [3.8, 4) is 11.1 Å². The predicted molar refractivity (Wildman–Crippen MR) is 132 cm³/mol. The van der Waals surface area contributed by atoms with Gasteiger partial charge >= 0.3 is 12.1 Å². The molecule has 0 aromatic heterocycles. The van der Waals surface area contributed by atoms with Gasteiger partial charge in [-0.15, -0.1) is 0 Å². The number of fused-ring (bicyclic) bond motifs is 3. The summed E-state index contributed by atoms with van der Waals surface area (Å²) in [6, 6.07) is 15.1. The zero-order valence-corrected chi connectivity index (χ0v) is 20.5. The predicted octanol–water partition coefficient (Wildman–Crippen LogP) is 3.79. The largest absolute Gasteiger partial charge is 0.480 e. The summed E-state index contributed by atoms with van der Waals surface area (Å²) in [6.45, 7) is 4.38. The zero-order chi connectivity index (χ0) is 25.4. The van der Waals surface area contributed by atoms with Crippen molar-refractivity contribution in [3.05, 3.63) is 59.7 Å². The Morgan fingerprint density at radius 3 is 2.14 bits per heavy atom. The van der Waals surface area contributed by atoms with E-state index in [1.165, 1.54) is 7.11 Å². The van der Waals surface area contributed by atoms with Crippen LogP contribution < -0.4 is 10.6 Å². The summed E-state index contributed by atoms with van der Waals surface area (Å²) in [7, 11) is 1.47. The van der Waals surface area contributed by atoms with Crippen LogP contribution in [0.25, 0.3) is 11.1 Å². The van der Waals surface area contributed by atoms with E-state index in [1.807, 2.05) is 50.2 Å². The van der Waals surface area contributed by atoms with E-state index in [-0.39, 0.29) is 38.0 Å². The van der Waals surface area contributed by atoms with Gasteiger partial charge in [-0.05, 0) is 34.6 Å². The van der Waals surface area contributed by atoms with E-state index in [1.54, 1.807) is 0 Å². The molecule has 1 aliphatic rings. The maximum Gasteiger partial charge on any atom is 0.407 e. The lowest BCUT2D eigenvalue weighted by atomic mass is 9.95. The fourth-order valence-electron chi connectivity index (χ4n) is 4.49. The number of carbonyl (C=O) groups is 3. The second-order valence-corrected chi connectivity index (χ2v) is 9.21. The lowest BCUT2D eigenvalue weighted by molar-refractivity contribution is -0.143. The SMILES string of the molecule is COCCC(NC(=O)C(CNC(=O)OCC1c2ccccc2-c2ccccc21)CC(C)C)C(=O)O. The number of hydrogen-bond donors (Lipinski definition) is 3. The molecule has 2 amide bonds. The van der Waals surface area contributed by atoms with Crippen LogP contribution in [-0.2, 0) is 19.1 Å². The molecule has 35 heavy (non-hydrogen) atoms. The zero-order valence-electron chi connectivity index (χ0n) is 20.5. The topological polar surface area (TPSA) is 114 Å². The molecular weight excluding hydrogens is 448 g/mol. The Kier molecular flexibility index (Phi) is 9.25. The van der Waals surface area contributed by atoms with Crippen molar-refractivity contribution in [2.45, 2.75) is 38.6 Å². The Morgan fingerprint density at radius 1 is 1.00 bits per heavy atom. The summed E-state index contributed by atoms with van der Waals surface area (Å²) in [4.78, 5) is 36.8. The van der Waals surface area contributed by atoms with Crippen molar-refractivity contribution in [2.75, 3.05) is 26.9 Å². The van der Waals surface area contributed by atoms with Gasteiger partial charge in [0.15, 0.2) is 0 Å². The van der Waals surface area contributed by atoms with E-state index in [4.69, 9.17) is 9.47 Å². The maximum atomic E-state index is 12.8. The normalized spacial score (nSPS) is 14.1. The van der Waals surface area contributed by atoms with Gasteiger partial charge in [-0.3, -0.25) is 4.79 Å². The van der Waals surface area contributed by atoms with Crippen LogP contribution in [0.2, 0.25) is 0 Å². The molecule has 0 aliphatic heterocycles. The highest BCUT2D eigenvalue weighted by Crippen LogP contribution is 2.44. The molecule has 1 aliphatic carbocycles. The van der Waals surface area contributed by atoms with E-state index in [0.717, 1.165) is 22.3 Å². The van der Waals surface area contributed by atoms with Crippen molar-refractivity contribution in [3.63, 3.8) is 0 Å². The summed E-state index contributed by atoms with van der Waals surface area (Å²) in [5, 5.41) is 14.6. The number of ether oxygens (including phenoxy) is 2. The van der Waals surface area contributed by atoms with Crippen LogP contribution in [0.15, 0.2) is 48.5 Å². The highest BCUT2D eigenvalue weighted by atomic mass is 16.5. The molecule has 0 heterocycles. The average Bonchev–Trinajstić information content (AvgIpc) is 3.16. The fourth-order valence-corrected chi connectivity index (χ4v) is 4.49. The first-order valence-corrected chi connectivity index (χ1v) is 11.9. The third-order valence-corrected chi connectivity index (χ3v) is 6.19. The fraction of sp³-hybridized carbons (Fsp3) is 0.444. The first-order valence-electron chi connectivity index (χ1n) is 11.9. The van der Waals surface area contributed by atoms with Gasteiger partial charge in [0.05, 0.1) is 5.92 Å². The van der Waals surface area contributed by atoms with Crippen LogP contribution in [0.1, 0.15) is 43.7 Å². The molecule has 0 saturated heterocycles. The van der Waals surface area contributed by atoms with Gasteiger partial charge in [0.25, 0.3) is 0 Å². The molecule has 0 saturated carbocycles. The quantitative estimate of drug-likeness (QED) is 0.424. The maximum absolute atomic E-state index is 12.8. The van der Waals surface area contributed by atoms with Crippen molar-refractivity contribution in [1.82, 2.24) is 10.6 Å². The number of benzene rings is 2. The van der Waals surface area contributed by atoms with Crippen LogP contribution in [0.3, 0.4) is 0 Å². The van der Waals surface area contributed by atoms with Crippen molar-refractivity contribution in [1.29, 1.82) is 0 Å². The second-order valence-electron chi connectivity index (χ2n) is 9.21. The van der Waals surface area contributed by atoms with Crippen LogP contribution >= 0.6 is 0 Å². The number of amides is 2. The molecule has 2 aromatic rings. The Hall–Kier alpha value is -3.39. The van der Waals surface area contributed by atoms with Gasteiger partial charge in [0.2, 0.25) is 5.91 Å². The number of nitrogens with one attached hydrogen (secondary N) is 2. The van der Waals surface area contributed by atoms with Gasteiger partial charge in [-0.25, -0.2) is 9.59 Å². The van der Waals surface area contributed by atoms with Crippen molar-refractivity contribution >= 4 is 18.0 Å². The number of carboxylic acid groups (broad SMARTS) is 1. The Morgan fingerprint density at radius 2 is 1.60 bits per heavy atom. The van der Waals surface area contributed by atoms with Gasteiger partial charge in [0, 0.05) is 32.6 Å². The van der Waals surface area contributed by atoms with E-state index in [2.05, 4.69) is 22.8 Å². The van der Waals surface area contributed by atoms with Gasteiger partial charge in [-0.1, -0.05) is 62.4 Å². The second kappa shape index (κ2) is 12.4. The molecule has 2 aromatic carbocycles. The summed E-state index contributed by atoms with van der Waals surface area (Å²) < 4.78 is 10.5. The third-order valence-electron chi connectivity index (χ3n) is 6.19. The van der Waals surface area contributed by atoms with Crippen LogP contribution in [0, 0.1) is 11.8 Å². The van der Waals surface area contributed by atoms with Crippen LogP contribution in [-0.4, -0.2) is 56.0 Å². The molecule has 0 bridgehead atoms. The minimum Gasteiger partial charge on any atom is -0.480 e. The minimum absolute atomic E-state index is 0.0529. The molecule has 0 spiro atoms. The summed E-state index contributed by atoms with van der Waals surface area (Å²) in [5.74, 6) is -2.00. The molecule has 8 nitrogen and oxygen atoms in total. The molecule has 8 heteroatoms. The number of rotatable bonds is 12.